The summed E-state index contributed by atoms with van der Waals surface area (Å²) < 4.78 is 5.88. The lowest BCUT2D eigenvalue weighted by atomic mass is 10.1. The summed E-state index contributed by atoms with van der Waals surface area (Å²) in [4.78, 5) is 34.8. The van der Waals surface area contributed by atoms with Crippen LogP contribution in [0.1, 0.15) is 162 Å². The Morgan fingerprint density at radius 2 is 0.981 bits per heavy atom. The van der Waals surface area contributed by atoms with Crippen molar-refractivity contribution < 1.29 is 24.2 Å². The first kappa shape index (κ1) is 50.1. The molecule has 1 atom stereocenters. The van der Waals surface area contributed by atoms with Gasteiger partial charge in [-0.25, -0.2) is 0 Å². The molecule has 302 valence electrons. The molecule has 0 saturated heterocycles. The third kappa shape index (κ3) is 40.8. The van der Waals surface area contributed by atoms with E-state index in [0.29, 0.717) is 12.8 Å². The van der Waals surface area contributed by atoms with Gasteiger partial charge in [0, 0.05) is 12.8 Å². The maximum Gasteiger partial charge on any atom is 0.322 e. The van der Waals surface area contributed by atoms with Crippen molar-refractivity contribution in [2.45, 2.75) is 168 Å². The fourth-order valence-corrected chi connectivity index (χ4v) is 5.33. The number of ether oxygens (including phenoxy) is 1. The Bertz CT molecular complexity index is 1180. The second kappa shape index (κ2) is 41.8. The van der Waals surface area contributed by atoms with Crippen LogP contribution in [0.25, 0.3) is 0 Å². The van der Waals surface area contributed by atoms with Crippen LogP contribution >= 0.6 is 0 Å². The predicted molar refractivity (Wildman–Crippen MR) is 230 cm³/mol. The van der Waals surface area contributed by atoms with Gasteiger partial charge in [0.15, 0.2) is 0 Å². The van der Waals surface area contributed by atoms with Crippen LogP contribution in [0.15, 0.2) is 109 Å². The monoisotopic (exact) mass is 746 g/mol. The first-order valence-electron chi connectivity index (χ1n) is 21.0. The van der Waals surface area contributed by atoms with Crippen molar-refractivity contribution in [2.75, 3.05) is 6.54 Å². The SMILES string of the molecule is CC/C=C\C/C=C\C/C=C\C/C=C\C/C=C\C/C=C\C/C=C\CCCC(=O)OC(/C=C\C/C=C\CCCCC)CCCCCCCCC(=O)NCC(=O)O. The van der Waals surface area contributed by atoms with E-state index in [1.54, 1.807) is 0 Å². The minimum Gasteiger partial charge on any atom is -0.480 e. The number of unbranched alkanes of at least 4 members (excludes halogenated alkanes) is 9. The van der Waals surface area contributed by atoms with Crippen molar-refractivity contribution in [2.24, 2.45) is 0 Å². The molecule has 0 aliphatic carbocycles. The van der Waals surface area contributed by atoms with E-state index in [2.05, 4.69) is 129 Å². The molecule has 0 saturated carbocycles. The Morgan fingerprint density at radius 3 is 1.50 bits per heavy atom. The van der Waals surface area contributed by atoms with Crippen molar-refractivity contribution in [3.8, 4) is 0 Å². The molecule has 0 aromatic carbocycles. The molecule has 0 fully saturated rings. The topological polar surface area (TPSA) is 92.7 Å². The average Bonchev–Trinajstić information content (AvgIpc) is 3.16. The Kier molecular flexibility index (Phi) is 38.8. The van der Waals surface area contributed by atoms with E-state index in [1.165, 1.54) is 19.3 Å². The lowest BCUT2D eigenvalue weighted by molar-refractivity contribution is -0.147. The molecule has 2 N–H and O–H groups in total. The number of hydrogen-bond donors (Lipinski definition) is 2. The number of carboxylic acid groups (broad SMARTS) is 1. The predicted octanol–water partition coefficient (Wildman–Crippen LogP) is 13.1. The number of amides is 1. The van der Waals surface area contributed by atoms with Gasteiger partial charge in [0.25, 0.3) is 0 Å². The molecule has 6 heteroatoms. The largest absolute Gasteiger partial charge is 0.480 e. The molecule has 0 radical (unpaired) electrons. The van der Waals surface area contributed by atoms with Crippen LogP contribution in [0.2, 0.25) is 0 Å². The summed E-state index contributed by atoms with van der Waals surface area (Å²) in [5, 5.41) is 11.0. The summed E-state index contributed by atoms with van der Waals surface area (Å²) >= 11 is 0. The van der Waals surface area contributed by atoms with Gasteiger partial charge in [-0.1, -0.05) is 156 Å². The third-order valence-corrected chi connectivity index (χ3v) is 8.41. The van der Waals surface area contributed by atoms with Crippen LogP contribution in [0.3, 0.4) is 0 Å². The van der Waals surface area contributed by atoms with Crippen LogP contribution in [-0.4, -0.2) is 35.6 Å². The highest BCUT2D eigenvalue weighted by atomic mass is 16.5. The van der Waals surface area contributed by atoms with Gasteiger partial charge in [-0.3, -0.25) is 14.4 Å². The zero-order valence-corrected chi connectivity index (χ0v) is 34.0. The van der Waals surface area contributed by atoms with Gasteiger partial charge in [0.1, 0.15) is 12.6 Å². The van der Waals surface area contributed by atoms with Crippen LogP contribution in [0, 0.1) is 0 Å². The lowest BCUT2D eigenvalue weighted by Crippen LogP contribution is -2.28. The van der Waals surface area contributed by atoms with E-state index < -0.39 is 5.97 Å². The van der Waals surface area contributed by atoms with Crippen LogP contribution in [0.4, 0.5) is 0 Å². The van der Waals surface area contributed by atoms with Gasteiger partial charge >= 0.3 is 11.9 Å². The van der Waals surface area contributed by atoms with E-state index in [-0.39, 0.29) is 24.5 Å². The number of esters is 1. The second-order valence-corrected chi connectivity index (χ2v) is 13.5. The molecular formula is C48H75NO5. The standard InChI is InChI=1S/C48H75NO5/c1-3-5-7-9-11-13-14-15-16-17-18-19-20-21-22-23-24-25-26-27-29-35-39-43-48(53)54-45(40-36-32-28-12-10-8-6-4-2)41-37-33-30-31-34-38-42-46(50)49-44-47(51)52/h5,7,11-13,15-16,18-19,21-22,24-25,27-29,36,40,45H,3-4,6,8-10,14,17,20,23,26,30-35,37-39,41-44H2,1-2H3,(H,49,50)(H,51,52)/b7-5-,13-11-,16-15-,19-18-,22-21-,25-24-,28-12-,29-27-,40-36-. The number of carboxylic acids is 1. The summed E-state index contributed by atoms with van der Waals surface area (Å²) in [6, 6.07) is 0. The van der Waals surface area contributed by atoms with Crippen LogP contribution in [0.5, 0.6) is 0 Å². The van der Waals surface area contributed by atoms with Crippen molar-refractivity contribution in [1.29, 1.82) is 0 Å². The average molecular weight is 746 g/mol. The molecule has 1 unspecified atom stereocenters. The van der Waals surface area contributed by atoms with Gasteiger partial charge in [-0.2, -0.15) is 0 Å². The first-order valence-corrected chi connectivity index (χ1v) is 21.0. The Hall–Kier alpha value is -3.93. The molecule has 0 aliphatic heterocycles. The number of carbonyl (C=O) groups excluding carboxylic acids is 2. The number of carbonyl (C=O) groups is 3. The van der Waals surface area contributed by atoms with E-state index in [4.69, 9.17) is 9.84 Å². The summed E-state index contributed by atoms with van der Waals surface area (Å²) in [6.45, 7) is 4.05. The highest BCUT2D eigenvalue weighted by molar-refractivity contribution is 5.80. The van der Waals surface area contributed by atoms with Gasteiger partial charge in [-0.05, 0) is 102 Å². The normalized spacial score (nSPS) is 13.2. The molecule has 0 aromatic rings. The Labute approximate surface area is 330 Å². The molecule has 6 nitrogen and oxygen atoms in total. The van der Waals surface area contributed by atoms with Crippen molar-refractivity contribution >= 4 is 17.8 Å². The maximum absolute atomic E-state index is 12.7. The number of allylic oxidation sites excluding steroid dienone is 17. The van der Waals surface area contributed by atoms with Crippen LogP contribution < -0.4 is 5.32 Å². The molecular weight excluding hydrogens is 671 g/mol. The smallest absolute Gasteiger partial charge is 0.322 e. The zero-order chi connectivity index (χ0) is 39.4. The highest BCUT2D eigenvalue weighted by Crippen LogP contribution is 2.14. The summed E-state index contributed by atoms with van der Waals surface area (Å²) in [6.07, 6.45) is 60.9. The zero-order valence-electron chi connectivity index (χ0n) is 34.0. The molecule has 54 heavy (non-hydrogen) atoms. The minimum atomic E-state index is -1.03. The fourth-order valence-electron chi connectivity index (χ4n) is 5.33. The minimum absolute atomic E-state index is 0.133. The molecule has 1 amide bonds. The number of nitrogens with one attached hydrogen (secondary N) is 1. The molecule has 0 bridgehead atoms. The highest BCUT2D eigenvalue weighted by Gasteiger charge is 2.11. The van der Waals surface area contributed by atoms with E-state index in [9.17, 15) is 14.4 Å². The first-order chi connectivity index (χ1) is 26.5. The van der Waals surface area contributed by atoms with E-state index in [1.807, 2.05) is 0 Å². The fraction of sp³-hybridized carbons (Fsp3) is 0.562. The number of rotatable bonds is 36. The van der Waals surface area contributed by atoms with E-state index in [0.717, 1.165) is 116 Å². The molecule has 0 spiro atoms. The summed E-state index contributed by atoms with van der Waals surface area (Å²) in [5.74, 6) is -1.37. The lowest BCUT2D eigenvalue weighted by Gasteiger charge is -2.14. The number of hydrogen-bond acceptors (Lipinski definition) is 4. The van der Waals surface area contributed by atoms with Crippen molar-refractivity contribution in [3.05, 3.63) is 109 Å². The van der Waals surface area contributed by atoms with Gasteiger partial charge in [0.05, 0.1) is 0 Å². The summed E-state index contributed by atoms with van der Waals surface area (Å²) in [7, 11) is 0. The quantitative estimate of drug-likeness (QED) is 0.0378. The van der Waals surface area contributed by atoms with Crippen molar-refractivity contribution in [1.82, 2.24) is 5.32 Å². The molecule has 0 rings (SSSR count). The third-order valence-electron chi connectivity index (χ3n) is 8.41. The van der Waals surface area contributed by atoms with Gasteiger partial charge in [0.2, 0.25) is 5.91 Å². The molecule has 0 aromatic heterocycles. The Morgan fingerprint density at radius 1 is 0.519 bits per heavy atom. The van der Waals surface area contributed by atoms with Crippen LogP contribution in [-0.2, 0) is 19.1 Å². The van der Waals surface area contributed by atoms with Crippen molar-refractivity contribution in [3.63, 3.8) is 0 Å². The Balaban J connectivity index is 4.25. The van der Waals surface area contributed by atoms with E-state index >= 15 is 0 Å². The molecule has 0 heterocycles. The molecule has 0 aliphatic rings. The van der Waals surface area contributed by atoms with Gasteiger partial charge in [-0.15, -0.1) is 0 Å². The summed E-state index contributed by atoms with van der Waals surface area (Å²) in [5.41, 5.74) is 0. The van der Waals surface area contributed by atoms with Gasteiger partial charge < -0.3 is 15.2 Å². The number of aliphatic carboxylic acids is 1. The maximum atomic E-state index is 12.7. The second-order valence-electron chi connectivity index (χ2n) is 13.5.